The number of ketones is 2. The number of carbonyl (C=O) groups excluding carboxylic acids is 2. The highest BCUT2D eigenvalue weighted by molar-refractivity contribution is 5.83. The van der Waals surface area contributed by atoms with Crippen LogP contribution in [0.25, 0.3) is 0 Å². The molecule has 1 rings (SSSR count). The van der Waals surface area contributed by atoms with Crippen molar-refractivity contribution in [3.63, 3.8) is 0 Å². The molecule has 0 aromatic rings. The van der Waals surface area contributed by atoms with Gasteiger partial charge in [0.1, 0.15) is 12.4 Å². The number of aliphatic hydroxyl groups is 2. The minimum Gasteiger partial charge on any atom is -0.392 e. The van der Waals surface area contributed by atoms with Gasteiger partial charge in [0.2, 0.25) is 0 Å². The van der Waals surface area contributed by atoms with E-state index in [9.17, 15) is 14.7 Å². The van der Waals surface area contributed by atoms with Crippen LogP contribution in [0.15, 0.2) is 12.2 Å². The molecule has 0 amide bonds. The topological polar surface area (TPSA) is 74.6 Å². The van der Waals surface area contributed by atoms with Crippen molar-refractivity contribution in [2.75, 3.05) is 6.61 Å². The molecule has 162 valence electrons. The van der Waals surface area contributed by atoms with Gasteiger partial charge in [0.15, 0.2) is 5.78 Å². The summed E-state index contributed by atoms with van der Waals surface area (Å²) < 4.78 is 0. The molecule has 0 heterocycles. The van der Waals surface area contributed by atoms with Gasteiger partial charge in [-0.05, 0) is 43.4 Å². The average Bonchev–Trinajstić information content (AvgIpc) is 3.02. The monoisotopic (exact) mass is 394 g/mol. The van der Waals surface area contributed by atoms with Crippen LogP contribution < -0.4 is 0 Å². The van der Waals surface area contributed by atoms with Crippen molar-refractivity contribution < 1.29 is 19.8 Å². The molecule has 1 aliphatic rings. The predicted molar refractivity (Wildman–Crippen MR) is 114 cm³/mol. The number of unbranched alkanes of at least 4 members (excludes halogenated alkanes) is 4. The van der Waals surface area contributed by atoms with Gasteiger partial charge in [-0.1, -0.05) is 65.0 Å². The summed E-state index contributed by atoms with van der Waals surface area (Å²) in [5.74, 6) is 0.736. The zero-order chi connectivity index (χ0) is 21.0. The fraction of sp³-hybridized carbons (Fsp3) is 0.833. The Kier molecular flexibility index (Phi) is 11.9. The predicted octanol–water partition coefficient (Wildman–Crippen LogP) is 5.01. The summed E-state index contributed by atoms with van der Waals surface area (Å²) in [6.07, 6.45) is 14.7. The molecular formula is C24H42O4. The van der Waals surface area contributed by atoms with Gasteiger partial charge in [-0.15, -0.1) is 0 Å². The quantitative estimate of drug-likeness (QED) is 0.302. The maximum Gasteiger partial charge on any atom is 0.158 e. The Labute approximate surface area is 171 Å². The SMILES string of the molecule is CCCCC(C)(C)C(O)CC=C[C@H]1CCC(=O)[C@@H]1CCCCCCC(=O)CO. The highest BCUT2D eigenvalue weighted by Crippen LogP contribution is 2.35. The van der Waals surface area contributed by atoms with Crippen LogP contribution in [-0.2, 0) is 9.59 Å². The molecule has 1 aliphatic carbocycles. The molecule has 2 N–H and O–H groups in total. The first-order valence-corrected chi connectivity index (χ1v) is 11.3. The van der Waals surface area contributed by atoms with E-state index in [1.54, 1.807) is 0 Å². The van der Waals surface area contributed by atoms with Gasteiger partial charge in [-0.3, -0.25) is 9.59 Å². The molecule has 4 heteroatoms. The lowest BCUT2D eigenvalue weighted by atomic mass is 9.80. The Balaban J connectivity index is 2.36. The Bertz CT molecular complexity index is 495. The largest absolute Gasteiger partial charge is 0.392 e. The van der Waals surface area contributed by atoms with Crippen LogP contribution in [-0.4, -0.2) is 34.5 Å². The van der Waals surface area contributed by atoms with Gasteiger partial charge in [-0.2, -0.15) is 0 Å². The molecule has 0 aliphatic heterocycles. The van der Waals surface area contributed by atoms with E-state index < -0.39 is 0 Å². The van der Waals surface area contributed by atoms with Crippen molar-refractivity contribution in [3.8, 4) is 0 Å². The summed E-state index contributed by atoms with van der Waals surface area (Å²) in [7, 11) is 0. The Morgan fingerprint density at radius 3 is 2.61 bits per heavy atom. The smallest absolute Gasteiger partial charge is 0.158 e. The molecule has 0 radical (unpaired) electrons. The molecule has 0 bridgehead atoms. The Morgan fingerprint density at radius 2 is 1.93 bits per heavy atom. The van der Waals surface area contributed by atoms with E-state index in [0.29, 0.717) is 31.0 Å². The van der Waals surface area contributed by atoms with Crippen molar-refractivity contribution in [2.45, 2.75) is 104 Å². The van der Waals surface area contributed by atoms with Gasteiger partial charge in [-0.25, -0.2) is 0 Å². The van der Waals surface area contributed by atoms with Crippen LogP contribution in [0, 0.1) is 17.3 Å². The van der Waals surface area contributed by atoms with E-state index >= 15 is 0 Å². The molecular weight excluding hydrogens is 352 g/mol. The van der Waals surface area contributed by atoms with Crippen LogP contribution in [0.2, 0.25) is 0 Å². The highest BCUT2D eigenvalue weighted by Gasteiger charge is 2.32. The number of allylic oxidation sites excluding steroid dienone is 1. The molecule has 28 heavy (non-hydrogen) atoms. The summed E-state index contributed by atoms with van der Waals surface area (Å²) >= 11 is 0. The van der Waals surface area contributed by atoms with Crippen LogP contribution >= 0.6 is 0 Å². The van der Waals surface area contributed by atoms with Crippen molar-refractivity contribution in [1.82, 2.24) is 0 Å². The van der Waals surface area contributed by atoms with Gasteiger partial charge in [0.05, 0.1) is 6.10 Å². The summed E-state index contributed by atoms with van der Waals surface area (Å²) in [5.41, 5.74) is -0.0668. The van der Waals surface area contributed by atoms with E-state index in [2.05, 4.69) is 32.9 Å². The molecule has 0 aromatic heterocycles. The maximum atomic E-state index is 12.3. The third-order valence-corrected chi connectivity index (χ3v) is 6.37. The van der Waals surface area contributed by atoms with E-state index in [0.717, 1.165) is 57.8 Å². The summed E-state index contributed by atoms with van der Waals surface area (Å²) in [4.78, 5) is 23.3. The number of hydrogen-bond donors (Lipinski definition) is 2. The molecule has 0 saturated heterocycles. The van der Waals surface area contributed by atoms with E-state index in [-0.39, 0.29) is 29.8 Å². The van der Waals surface area contributed by atoms with Gasteiger partial charge < -0.3 is 10.2 Å². The number of aliphatic hydroxyl groups excluding tert-OH is 2. The molecule has 1 unspecified atom stereocenters. The van der Waals surface area contributed by atoms with Crippen molar-refractivity contribution in [1.29, 1.82) is 0 Å². The minimum atomic E-state index is -0.352. The second-order valence-corrected chi connectivity index (χ2v) is 9.20. The van der Waals surface area contributed by atoms with Crippen LogP contribution in [0.1, 0.15) is 97.8 Å². The summed E-state index contributed by atoms with van der Waals surface area (Å²) in [6, 6.07) is 0. The van der Waals surface area contributed by atoms with E-state index in [1.165, 1.54) is 0 Å². The standard InChI is InChI=1S/C24H42O4/c1-4-5-17-24(2,3)23(28)14-10-11-19-15-16-22(27)21(19)13-9-7-6-8-12-20(26)18-25/h10-11,19,21,23,25,28H,4-9,12-18H2,1-3H3/t19-,21+,23?/m0/s1. The third kappa shape index (κ3) is 9.00. The number of Topliss-reactive ketones (excluding diaryl/α,β-unsaturated/α-hetero) is 2. The van der Waals surface area contributed by atoms with Crippen molar-refractivity contribution >= 4 is 11.6 Å². The summed E-state index contributed by atoms with van der Waals surface area (Å²) in [6.45, 7) is 6.09. The highest BCUT2D eigenvalue weighted by atomic mass is 16.3. The first-order valence-electron chi connectivity index (χ1n) is 11.3. The van der Waals surface area contributed by atoms with Crippen LogP contribution in [0.5, 0.6) is 0 Å². The second kappa shape index (κ2) is 13.3. The number of hydrogen-bond acceptors (Lipinski definition) is 4. The van der Waals surface area contributed by atoms with Gasteiger partial charge in [0, 0.05) is 18.8 Å². The van der Waals surface area contributed by atoms with Crippen molar-refractivity contribution in [3.05, 3.63) is 12.2 Å². The fourth-order valence-electron chi connectivity index (χ4n) is 4.16. The fourth-order valence-corrected chi connectivity index (χ4v) is 4.16. The molecule has 0 spiro atoms. The Hall–Kier alpha value is -1.00. The zero-order valence-electron chi connectivity index (χ0n) is 18.3. The van der Waals surface area contributed by atoms with Crippen molar-refractivity contribution in [2.24, 2.45) is 17.3 Å². The number of carbonyl (C=O) groups is 2. The second-order valence-electron chi connectivity index (χ2n) is 9.20. The lowest BCUT2D eigenvalue weighted by molar-refractivity contribution is -0.122. The zero-order valence-corrected chi connectivity index (χ0v) is 18.3. The maximum absolute atomic E-state index is 12.3. The first-order chi connectivity index (χ1) is 13.3. The first kappa shape index (κ1) is 25.0. The van der Waals surface area contributed by atoms with E-state index in [4.69, 9.17) is 5.11 Å². The van der Waals surface area contributed by atoms with E-state index in [1.807, 2.05) is 0 Å². The number of rotatable bonds is 15. The van der Waals surface area contributed by atoms with Crippen LogP contribution in [0.4, 0.5) is 0 Å². The summed E-state index contributed by atoms with van der Waals surface area (Å²) in [5, 5.41) is 19.2. The third-order valence-electron chi connectivity index (χ3n) is 6.37. The Morgan fingerprint density at radius 1 is 1.21 bits per heavy atom. The van der Waals surface area contributed by atoms with Gasteiger partial charge in [0.25, 0.3) is 0 Å². The average molecular weight is 395 g/mol. The normalized spacial score (nSPS) is 21.5. The van der Waals surface area contributed by atoms with Crippen LogP contribution in [0.3, 0.4) is 0 Å². The molecule has 4 nitrogen and oxygen atoms in total. The molecule has 1 fully saturated rings. The molecule has 3 atom stereocenters. The molecule has 0 aromatic carbocycles. The lowest BCUT2D eigenvalue weighted by Crippen LogP contribution is -2.28. The lowest BCUT2D eigenvalue weighted by Gasteiger charge is -2.30. The minimum absolute atomic E-state index is 0.0668. The van der Waals surface area contributed by atoms with Gasteiger partial charge >= 0.3 is 0 Å². The molecule has 1 saturated carbocycles.